The summed E-state index contributed by atoms with van der Waals surface area (Å²) in [6, 6.07) is -1.16. The van der Waals surface area contributed by atoms with E-state index in [0.29, 0.717) is 0 Å². The van der Waals surface area contributed by atoms with Crippen LogP contribution in [0.4, 0.5) is 0 Å². The third kappa shape index (κ3) is 4.63. The van der Waals surface area contributed by atoms with Gasteiger partial charge in [0.15, 0.2) is 12.0 Å². The third-order valence-electron chi connectivity index (χ3n) is 1.37. The smallest absolute Gasteiger partial charge is 0.332 e. The molecule has 0 spiro atoms. The lowest BCUT2D eigenvalue weighted by molar-refractivity contribution is -0.145. The molecule has 0 aromatic rings. The fraction of sp³-hybridized carbons (Fsp3) is 0.571. The normalized spacial score (nSPS) is 13.7. The minimum atomic E-state index is -1.16. The van der Waals surface area contributed by atoms with E-state index in [-0.39, 0.29) is 12.6 Å². The number of nitrogens with zero attached hydrogens (tertiary/aromatic N) is 1. The second-order valence-electron chi connectivity index (χ2n) is 2.55. The van der Waals surface area contributed by atoms with Crippen molar-refractivity contribution in [3.05, 3.63) is 0 Å². The molecule has 0 heterocycles. The first-order valence-corrected chi connectivity index (χ1v) is 5.00. The summed E-state index contributed by atoms with van der Waals surface area (Å²) in [5.41, 5.74) is 15.2. The molecule has 0 aliphatic heterocycles. The fourth-order valence-corrected chi connectivity index (χ4v) is 1.12. The van der Waals surface area contributed by atoms with Crippen LogP contribution in [0.2, 0.25) is 0 Å². The second kappa shape index (κ2) is 6.23. The first-order valence-electron chi connectivity index (χ1n) is 4.08. The zero-order chi connectivity index (χ0) is 12.0. The van der Waals surface area contributed by atoms with Gasteiger partial charge in [-0.2, -0.15) is 0 Å². The number of halogens is 1. The molecule has 0 aromatic heterocycles. The summed E-state index contributed by atoms with van der Waals surface area (Å²) in [5, 5.41) is 0. The Hall–Kier alpha value is -1.31. The summed E-state index contributed by atoms with van der Waals surface area (Å²) in [4.78, 5) is 24.8. The summed E-state index contributed by atoms with van der Waals surface area (Å²) in [7, 11) is 0. The Bertz CT molecular complexity index is 277. The van der Waals surface area contributed by atoms with Gasteiger partial charge in [-0.3, -0.25) is 4.79 Å². The Labute approximate surface area is 95.1 Å². The van der Waals surface area contributed by atoms with Crippen LogP contribution < -0.4 is 17.2 Å². The Morgan fingerprint density at radius 1 is 1.40 bits per heavy atom. The van der Waals surface area contributed by atoms with E-state index in [2.05, 4.69) is 25.7 Å². The van der Waals surface area contributed by atoms with Crippen molar-refractivity contribution in [2.24, 2.45) is 22.2 Å². The molecule has 0 bridgehead atoms. The second-order valence-corrected chi connectivity index (χ2v) is 3.54. The average Bonchev–Trinajstić information content (AvgIpc) is 2.13. The number of rotatable bonds is 5. The number of esters is 1. The molecular formula is C7H13BrN4O3. The maximum atomic E-state index is 11.3. The maximum Gasteiger partial charge on any atom is 0.332 e. The van der Waals surface area contributed by atoms with Crippen LogP contribution in [0, 0.1) is 0 Å². The molecule has 1 amide bonds. The Balaban J connectivity index is 4.80. The Morgan fingerprint density at radius 2 is 1.93 bits per heavy atom. The van der Waals surface area contributed by atoms with Gasteiger partial charge in [0, 0.05) is 0 Å². The zero-order valence-electron chi connectivity index (χ0n) is 8.14. The van der Waals surface area contributed by atoms with Crippen LogP contribution in [0.3, 0.4) is 0 Å². The fourth-order valence-electron chi connectivity index (χ4n) is 0.781. The molecule has 86 valence electrons. The first-order chi connectivity index (χ1) is 6.90. The summed E-state index contributed by atoms with van der Waals surface area (Å²) < 4.78 is 4.68. The molecule has 0 aliphatic rings. The van der Waals surface area contributed by atoms with Crippen molar-refractivity contribution < 1.29 is 14.3 Å². The van der Waals surface area contributed by atoms with Crippen molar-refractivity contribution >= 4 is 33.8 Å². The highest BCUT2D eigenvalue weighted by molar-refractivity contribution is 9.10. The van der Waals surface area contributed by atoms with Crippen LogP contribution >= 0.6 is 15.9 Å². The standard InChI is InChI=1S/C7H13BrN4O3/c1-2-15-6(14)4(12-7(10)11)3(8)5(9)13/h3-4H,2H2,1H3,(H2,9,13)(H4,10,11,12). The van der Waals surface area contributed by atoms with Crippen LogP contribution in [0.25, 0.3) is 0 Å². The van der Waals surface area contributed by atoms with Crippen LogP contribution in [-0.4, -0.2) is 35.3 Å². The number of carbonyl (C=O) groups excluding carboxylic acids is 2. The maximum absolute atomic E-state index is 11.3. The van der Waals surface area contributed by atoms with E-state index < -0.39 is 22.7 Å². The van der Waals surface area contributed by atoms with Gasteiger partial charge in [0.1, 0.15) is 4.83 Å². The van der Waals surface area contributed by atoms with Gasteiger partial charge in [-0.25, -0.2) is 9.79 Å². The predicted octanol–water partition coefficient (Wildman–Crippen LogP) is -1.56. The van der Waals surface area contributed by atoms with E-state index in [4.69, 9.17) is 17.2 Å². The van der Waals surface area contributed by atoms with Gasteiger partial charge in [0.25, 0.3) is 0 Å². The molecule has 15 heavy (non-hydrogen) atoms. The van der Waals surface area contributed by atoms with Gasteiger partial charge in [0.05, 0.1) is 6.61 Å². The number of aliphatic imine (C=N–C) groups is 1. The van der Waals surface area contributed by atoms with E-state index in [1.807, 2.05) is 0 Å². The number of ether oxygens (including phenoxy) is 1. The lowest BCUT2D eigenvalue weighted by Gasteiger charge is -2.14. The molecule has 0 saturated heterocycles. The predicted molar refractivity (Wildman–Crippen MR) is 58.1 cm³/mol. The quantitative estimate of drug-likeness (QED) is 0.242. The summed E-state index contributed by atoms with van der Waals surface area (Å²) in [6.07, 6.45) is 0. The van der Waals surface area contributed by atoms with E-state index in [0.717, 1.165) is 0 Å². The lowest BCUT2D eigenvalue weighted by atomic mass is 10.2. The molecule has 2 unspecified atom stereocenters. The molecular weight excluding hydrogens is 268 g/mol. The van der Waals surface area contributed by atoms with Crippen molar-refractivity contribution in [2.75, 3.05) is 6.61 Å². The van der Waals surface area contributed by atoms with Crippen LogP contribution in [0.1, 0.15) is 6.92 Å². The van der Waals surface area contributed by atoms with E-state index in [1.54, 1.807) is 6.92 Å². The number of hydrogen-bond donors (Lipinski definition) is 3. The molecule has 0 rings (SSSR count). The number of amides is 1. The number of alkyl halides is 1. The molecule has 0 saturated carbocycles. The van der Waals surface area contributed by atoms with Crippen molar-refractivity contribution in [1.82, 2.24) is 0 Å². The van der Waals surface area contributed by atoms with Gasteiger partial charge >= 0.3 is 5.97 Å². The van der Waals surface area contributed by atoms with Gasteiger partial charge < -0.3 is 21.9 Å². The number of nitrogens with two attached hydrogens (primary N) is 3. The largest absolute Gasteiger partial charge is 0.464 e. The highest BCUT2D eigenvalue weighted by Gasteiger charge is 2.31. The number of hydrogen-bond acceptors (Lipinski definition) is 4. The number of guanidine groups is 1. The molecule has 2 atom stereocenters. The zero-order valence-corrected chi connectivity index (χ0v) is 9.73. The van der Waals surface area contributed by atoms with E-state index >= 15 is 0 Å². The number of primary amides is 1. The van der Waals surface area contributed by atoms with Crippen molar-refractivity contribution in [1.29, 1.82) is 0 Å². The average molecular weight is 281 g/mol. The third-order valence-corrected chi connectivity index (χ3v) is 2.32. The summed E-state index contributed by atoms with van der Waals surface area (Å²) in [6.45, 7) is 1.78. The molecule has 0 aromatic carbocycles. The topological polar surface area (TPSA) is 134 Å². The van der Waals surface area contributed by atoms with Gasteiger partial charge in [-0.05, 0) is 6.92 Å². The van der Waals surface area contributed by atoms with E-state index in [9.17, 15) is 9.59 Å². The molecule has 7 nitrogen and oxygen atoms in total. The van der Waals surface area contributed by atoms with E-state index in [1.165, 1.54) is 0 Å². The Kier molecular flexibility index (Phi) is 5.68. The van der Waals surface area contributed by atoms with Gasteiger partial charge in [-0.1, -0.05) is 15.9 Å². The summed E-state index contributed by atoms with van der Waals surface area (Å²) in [5.74, 6) is -1.79. The van der Waals surface area contributed by atoms with Crippen LogP contribution in [-0.2, 0) is 14.3 Å². The minimum absolute atomic E-state index is 0.161. The molecule has 0 fully saturated rings. The van der Waals surface area contributed by atoms with Crippen molar-refractivity contribution in [2.45, 2.75) is 17.8 Å². The molecule has 6 N–H and O–H groups in total. The first kappa shape index (κ1) is 13.7. The van der Waals surface area contributed by atoms with Crippen LogP contribution in [0.5, 0.6) is 0 Å². The highest BCUT2D eigenvalue weighted by Crippen LogP contribution is 2.11. The molecule has 0 aliphatic carbocycles. The van der Waals surface area contributed by atoms with Crippen LogP contribution in [0.15, 0.2) is 4.99 Å². The lowest BCUT2D eigenvalue weighted by Crippen LogP contribution is -2.41. The van der Waals surface area contributed by atoms with Crippen molar-refractivity contribution in [3.8, 4) is 0 Å². The number of carbonyl (C=O) groups is 2. The Morgan fingerprint density at radius 3 is 2.27 bits per heavy atom. The highest BCUT2D eigenvalue weighted by atomic mass is 79.9. The SMILES string of the molecule is CCOC(=O)C(N=C(N)N)C(Br)C(N)=O. The van der Waals surface area contributed by atoms with Gasteiger partial charge in [0.2, 0.25) is 5.91 Å². The molecule has 0 radical (unpaired) electrons. The summed E-state index contributed by atoms with van der Waals surface area (Å²) >= 11 is 2.91. The van der Waals surface area contributed by atoms with Gasteiger partial charge in [-0.15, -0.1) is 0 Å². The monoisotopic (exact) mass is 280 g/mol. The molecule has 8 heteroatoms. The minimum Gasteiger partial charge on any atom is -0.464 e. The van der Waals surface area contributed by atoms with Crippen molar-refractivity contribution in [3.63, 3.8) is 0 Å².